The molecule has 1 aromatic carbocycles. The van der Waals surface area contributed by atoms with Gasteiger partial charge in [0.05, 0.1) is 13.0 Å². The Morgan fingerprint density at radius 3 is 2.81 bits per heavy atom. The third kappa shape index (κ3) is 3.13. The van der Waals surface area contributed by atoms with Crippen molar-refractivity contribution in [1.82, 2.24) is 0 Å². The van der Waals surface area contributed by atoms with Gasteiger partial charge in [-0.1, -0.05) is 0 Å². The van der Waals surface area contributed by atoms with Crippen molar-refractivity contribution in [1.29, 1.82) is 0 Å². The number of halogens is 2. The Labute approximate surface area is 101 Å². The number of hydrogen-bond acceptors (Lipinski definition) is 3. The van der Waals surface area contributed by atoms with E-state index in [1.807, 2.05) is 0 Å². The first-order chi connectivity index (χ1) is 7.58. The highest BCUT2D eigenvalue weighted by Crippen LogP contribution is 2.20. The molecule has 0 amide bonds. The van der Waals surface area contributed by atoms with Gasteiger partial charge in [-0.15, -0.1) is 0 Å². The van der Waals surface area contributed by atoms with Gasteiger partial charge in [0, 0.05) is 10.0 Å². The van der Waals surface area contributed by atoms with E-state index < -0.39 is 11.8 Å². The topological polar surface area (TPSA) is 43.4 Å². The van der Waals surface area contributed by atoms with Crippen LogP contribution in [0.5, 0.6) is 0 Å². The van der Waals surface area contributed by atoms with Crippen molar-refractivity contribution in [3.8, 4) is 0 Å². The highest BCUT2D eigenvalue weighted by atomic mass is 79.9. The molecule has 0 aliphatic carbocycles. The Morgan fingerprint density at radius 2 is 2.25 bits per heavy atom. The van der Waals surface area contributed by atoms with Crippen LogP contribution in [-0.2, 0) is 16.0 Å². The first kappa shape index (κ1) is 12.8. The third-order valence-corrected chi connectivity index (χ3v) is 2.62. The number of benzene rings is 1. The number of aldehydes is 1. The molecule has 0 spiro atoms. The molecule has 0 N–H and O–H groups in total. The van der Waals surface area contributed by atoms with Gasteiger partial charge < -0.3 is 4.74 Å². The first-order valence-corrected chi connectivity index (χ1v) is 5.46. The van der Waals surface area contributed by atoms with Crippen LogP contribution >= 0.6 is 15.9 Å². The molecular weight excluding hydrogens is 279 g/mol. The molecular formula is C11H10BrFO3. The van der Waals surface area contributed by atoms with E-state index in [9.17, 15) is 14.0 Å². The summed E-state index contributed by atoms with van der Waals surface area (Å²) < 4.78 is 18.5. The summed E-state index contributed by atoms with van der Waals surface area (Å²) in [5.74, 6) is -1.05. The monoisotopic (exact) mass is 288 g/mol. The molecule has 0 heterocycles. The minimum atomic E-state index is -0.537. The average Bonchev–Trinajstić information content (AvgIpc) is 2.22. The number of ether oxygens (including phenoxy) is 1. The van der Waals surface area contributed by atoms with E-state index >= 15 is 0 Å². The van der Waals surface area contributed by atoms with Crippen molar-refractivity contribution < 1.29 is 18.7 Å². The van der Waals surface area contributed by atoms with Crippen LogP contribution in [0, 0.1) is 5.82 Å². The van der Waals surface area contributed by atoms with Crippen molar-refractivity contribution in [2.45, 2.75) is 13.3 Å². The smallest absolute Gasteiger partial charge is 0.310 e. The van der Waals surface area contributed by atoms with Gasteiger partial charge in [-0.25, -0.2) is 4.39 Å². The van der Waals surface area contributed by atoms with E-state index in [0.29, 0.717) is 16.3 Å². The molecule has 0 fully saturated rings. The van der Waals surface area contributed by atoms with Gasteiger partial charge in [-0.3, -0.25) is 9.59 Å². The molecule has 0 atom stereocenters. The lowest BCUT2D eigenvalue weighted by Gasteiger charge is -2.05. The van der Waals surface area contributed by atoms with Crippen LogP contribution < -0.4 is 0 Å². The van der Waals surface area contributed by atoms with Crippen LogP contribution in [0.15, 0.2) is 16.6 Å². The lowest BCUT2D eigenvalue weighted by Crippen LogP contribution is -2.09. The van der Waals surface area contributed by atoms with Crippen LogP contribution in [0.25, 0.3) is 0 Å². The van der Waals surface area contributed by atoms with Crippen LogP contribution in [0.4, 0.5) is 4.39 Å². The molecule has 5 heteroatoms. The molecule has 16 heavy (non-hydrogen) atoms. The van der Waals surface area contributed by atoms with E-state index in [1.54, 1.807) is 6.92 Å². The van der Waals surface area contributed by atoms with Crippen molar-refractivity contribution in [2.24, 2.45) is 0 Å². The first-order valence-electron chi connectivity index (χ1n) is 4.67. The van der Waals surface area contributed by atoms with Crippen LogP contribution in [0.1, 0.15) is 22.8 Å². The maximum Gasteiger partial charge on any atom is 0.310 e. The Balaban J connectivity index is 2.95. The summed E-state index contributed by atoms with van der Waals surface area (Å²) in [6.45, 7) is 1.92. The molecule has 1 rings (SSSR count). The number of rotatable bonds is 4. The molecule has 0 unspecified atom stereocenters. The van der Waals surface area contributed by atoms with Crippen LogP contribution in [0.2, 0.25) is 0 Å². The van der Waals surface area contributed by atoms with Crippen molar-refractivity contribution >= 4 is 28.2 Å². The molecule has 0 bridgehead atoms. The van der Waals surface area contributed by atoms with E-state index in [1.165, 1.54) is 6.07 Å². The summed E-state index contributed by atoms with van der Waals surface area (Å²) in [6.07, 6.45) is 0.423. The maximum atomic E-state index is 13.4. The highest BCUT2D eigenvalue weighted by molar-refractivity contribution is 9.10. The third-order valence-electron chi connectivity index (χ3n) is 1.93. The lowest BCUT2D eigenvalue weighted by atomic mass is 10.1. The molecule has 0 radical (unpaired) electrons. The molecule has 3 nitrogen and oxygen atoms in total. The zero-order valence-corrected chi connectivity index (χ0v) is 10.2. The van der Waals surface area contributed by atoms with Crippen molar-refractivity contribution in [3.05, 3.63) is 33.5 Å². The predicted octanol–water partition coefficient (Wildman–Crippen LogP) is 2.51. The lowest BCUT2D eigenvalue weighted by molar-refractivity contribution is -0.142. The standard InChI is InChI=1S/C11H10BrFO3/c1-2-16-11(15)4-7-3-8(6-14)9(12)5-10(7)13/h3,5-6H,2,4H2,1H3. The fourth-order valence-electron chi connectivity index (χ4n) is 1.21. The summed E-state index contributed by atoms with van der Waals surface area (Å²) in [7, 11) is 0. The predicted molar refractivity (Wildman–Crippen MR) is 59.8 cm³/mol. The van der Waals surface area contributed by atoms with Gasteiger partial charge in [0.1, 0.15) is 5.82 Å². The Bertz CT molecular complexity index is 418. The second kappa shape index (κ2) is 5.75. The molecule has 0 aliphatic rings. The molecule has 1 aromatic rings. The van der Waals surface area contributed by atoms with E-state index in [-0.39, 0.29) is 18.6 Å². The number of esters is 1. The summed E-state index contributed by atoms with van der Waals surface area (Å²) in [6, 6.07) is 2.50. The SMILES string of the molecule is CCOC(=O)Cc1cc(C=O)c(Br)cc1F. The quantitative estimate of drug-likeness (QED) is 0.632. The van der Waals surface area contributed by atoms with E-state index in [2.05, 4.69) is 15.9 Å². The minimum absolute atomic E-state index is 0.156. The highest BCUT2D eigenvalue weighted by Gasteiger charge is 2.12. The zero-order valence-electron chi connectivity index (χ0n) is 8.63. The van der Waals surface area contributed by atoms with E-state index in [0.717, 1.165) is 6.07 Å². The Hall–Kier alpha value is -1.23. The normalized spacial score (nSPS) is 9.94. The van der Waals surface area contributed by atoms with Crippen LogP contribution in [-0.4, -0.2) is 18.9 Å². The van der Waals surface area contributed by atoms with Crippen LogP contribution in [0.3, 0.4) is 0 Å². The largest absolute Gasteiger partial charge is 0.466 e. The maximum absolute atomic E-state index is 13.4. The molecule has 0 saturated heterocycles. The fraction of sp³-hybridized carbons (Fsp3) is 0.273. The van der Waals surface area contributed by atoms with Gasteiger partial charge in [0.25, 0.3) is 0 Å². The number of carbonyl (C=O) groups excluding carboxylic acids is 2. The number of carbonyl (C=O) groups is 2. The number of hydrogen-bond donors (Lipinski definition) is 0. The fourth-order valence-corrected chi connectivity index (χ4v) is 1.62. The summed E-state index contributed by atoms with van der Waals surface area (Å²) >= 11 is 3.05. The average molecular weight is 289 g/mol. The van der Waals surface area contributed by atoms with Gasteiger partial charge in [-0.05, 0) is 40.5 Å². The van der Waals surface area contributed by atoms with Gasteiger partial charge in [-0.2, -0.15) is 0 Å². The second-order valence-electron chi connectivity index (χ2n) is 3.06. The molecule has 0 aromatic heterocycles. The van der Waals surface area contributed by atoms with E-state index in [4.69, 9.17) is 4.74 Å². The summed E-state index contributed by atoms with van der Waals surface area (Å²) in [5, 5.41) is 0. The second-order valence-corrected chi connectivity index (χ2v) is 3.92. The minimum Gasteiger partial charge on any atom is -0.466 e. The Morgan fingerprint density at radius 1 is 1.56 bits per heavy atom. The van der Waals surface area contributed by atoms with Gasteiger partial charge in [0.2, 0.25) is 0 Å². The van der Waals surface area contributed by atoms with Crippen molar-refractivity contribution in [2.75, 3.05) is 6.61 Å². The van der Waals surface area contributed by atoms with Gasteiger partial charge >= 0.3 is 5.97 Å². The zero-order chi connectivity index (χ0) is 12.1. The van der Waals surface area contributed by atoms with Gasteiger partial charge in [0.15, 0.2) is 6.29 Å². The molecule has 86 valence electrons. The Kier molecular flexibility index (Phi) is 4.61. The molecule has 0 aliphatic heterocycles. The summed E-state index contributed by atoms with van der Waals surface area (Å²) in [4.78, 5) is 21.8. The summed E-state index contributed by atoms with van der Waals surface area (Å²) in [5.41, 5.74) is 0.462. The van der Waals surface area contributed by atoms with Crippen molar-refractivity contribution in [3.63, 3.8) is 0 Å². The molecule has 0 saturated carbocycles.